The molecule has 0 heterocycles. The summed E-state index contributed by atoms with van der Waals surface area (Å²) in [5.74, 6) is 0.652. The average Bonchev–Trinajstić information content (AvgIpc) is 2.54. The normalized spacial score (nSPS) is 10.1. The van der Waals surface area contributed by atoms with Crippen LogP contribution in [0.5, 0.6) is 5.75 Å². The number of hydrogen-bond acceptors (Lipinski definition) is 4. The number of aliphatic hydroxyl groups excluding tert-OH is 1. The first-order chi connectivity index (χ1) is 10.7. The molecule has 0 fully saturated rings. The largest absolute Gasteiger partial charge is 0.490 e. The molecule has 2 aromatic carbocycles. The number of carbonyl (C=O) groups is 1. The molecule has 5 nitrogen and oxygen atoms in total. The van der Waals surface area contributed by atoms with Crippen LogP contribution in [0.1, 0.15) is 5.56 Å². The molecule has 0 saturated heterocycles. The zero-order chi connectivity index (χ0) is 15.8. The Morgan fingerprint density at radius 2 is 1.73 bits per heavy atom. The van der Waals surface area contributed by atoms with Crippen LogP contribution in [0.25, 0.3) is 0 Å². The molecule has 0 atom stereocenters. The number of anilines is 1. The molecular formula is C16H16ClNO4. The van der Waals surface area contributed by atoms with Gasteiger partial charge in [0.25, 0.3) is 0 Å². The van der Waals surface area contributed by atoms with Crippen LogP contribution in [0.2, 0.25) is 5.02 Å². The van der Waals surface area contributed by atoms with Crippen LogP contribution in [-0.2, 0) is 11.3 Å². The van der Waals surface area contributed by atoms with Gasteiger partial charge in [-0.15, -0.1) is 0 Å². The molecule has 0 radical (unpaired) electrons. The van der Waals surface area contributed by atoms with Crippen LogP contribution in [0.3, 0.4) is 0 Å². The summed E-state index contributed by atoms with van der Waals surface area (Å²) in [6, 6.07) is 13.8. The molecule has 0 spiro atoms. The Bertz CT molecular complexity index is 599. The van der Waals surface area contributed by atoms with Gasteiger partial charge in [0, 0.05) is 10.7 Å². The highest BCUT2D eigenvalue weighted by molar-refractivity contribution is 6.30. The van der Waals surface area contributed by atoms with Crippen molar-refractivity contribution >= 4 is 23.4 Å². The SMILES string of the molecule is O=C(Nc1ccc(Cl)cc1)OCCOc1ccc(CO)cc1. The molecule has 0 aliphatic carbocycles. The van der Waals surface area contributed by atoms with E-state index in [1.807, 2.05) is 0 Å². The second kappa shape index (κ2) is 8.26. The van der Waals surface area contributed by atoms with Gasteiger partial charge in [-0.1, -0.05) is 23.7 Å². The lowest BCUT2D eigenvalue weighted by molar-refractivity contribution is 0.138. The van der Waals surface area contributed by atoms with Crippen LogP contribution in [-0.4, -0.2) is 24.4 Å². The zero-order valence-electron chi connectivity index (χ0n) is 11.8. The summed E-state index contributed by atoms with van der Waals surface area (Å²) in [5.41, 5.74) is 1.42. The minimum atomic E-state index is -0.554. The van der Waals surface area contributed by atoms with Crippen LogP contribution in [0, 0.1) is 0 Å². The Morgan fingerprint density at radius 3 is 2.36 bits per heavy atom. The molecule has 2 aromatic rings. The number of amides is 1. The first-order valence-electron chi connectivity index (χ1n) is 6.69. The summed E-state index contributed by atoms with van der Waals surface area (Å²) in [4.78, 5) is 11.5. The molecule has 1 amide bonds. The monoisotopic (exact) mass is 321 g/mol. The molecule has 0 bridgehead atoms. The van der Waals surface area contributed by atoms with Crippen molar-refractivity contribution in [3.05, 3.63) is 59.1 Å². The Kier molecular flexibility index (Phi) is 6.06. The molecule has 116 valence electrons. The number of benzene rings is 2. The summed E-state index contributed by atoms with van der Waals surface area (Å²) in [7, 11) is 0. The van der Waals surface area contributed by atoms with Gasteiger partial charge in [0.2, 0.25) is 0 Å². The number of ether oxygens (including phenoxy) is 2. The third-order valence-electron chi connectivity index (χ3n) is 2.78. The van der Waals surface area contributed by atoms with E-state index >= 15 is 0 Å². The fourth-order valence-corrected chi connectivity index (χ4v) is 1.80. The number of aliphatic hydroxyl groups is 1. The van der Waals surface area contributed by atoms with Gasteiger partial charge in [0.1, 0.15) is 19.0 Å². The van der Waals surface area contributed by atoms with Crippen LogP contribution in [0.15, 0.2) is 48.5 Å². The molecule has 0 aliphatic heterocycles. The predicted octanol–water partition coefficient (Wildman–Crippen LogP) is 3.46. The Balaban J connectivity index is 1.67. The van der Waals surface area contributed by atoms with Gasteiger partial charge >= 0.3 is 6.09 Å². The summed E-state index contributed by atoms with van der Waals surface area (Å²) in [6.45, 7) is 0.363. The fourth-order valence-electron chi connectivity index (χ4n) is 1.67. The topological polar surface area (TPSA) is 67.8 Å². The molecule has 22 heavy (non-hydrogen) atoms. The molecule has 6 heteroatoms. The van der Waals surface area contributed by atoms with E-state index in [2.05, 4.69) is 5.32 Å². The van der Waals surface area contributed by atoms with Crippen LogP contribution in [0.4, 0.5) is 10.5 Å². The number of halogens is 1. The smallest absolute Gasteiger partial charge is 0.411 e. The summed E-state index contributed by atoms with van der Waals surface area (Å²) >= 11 is 5.75. The lowest BCUT2D eigenvalue weighted by Gasteiger charge is -2.09. The van der Waals surface area contributed by atoms with Gasteiger partial charge in [-0.05, 0) is 42.0 Å². The second-order valence-electron chi connectivity index (χ2n) is 4.42. The summed E-state index contributed by atoms with van der Waals surface area (Å²) in [6.07, 6.45) is -0.554. The van der Waals surface area contributed by atoms with E-state index < -0.39 is 6.09 Å². The molecule has 2 N–H and O–H groups in total. The highest BCUT2D eigenvalue weighted by atomic mass is 35.5. The number of nitrogens with one attached hydrogen (secondary N) is 1. The third-order valence-corrected chi connectivity index (χ3v) is 3.03. The van der Waals surface area contributed by atoms with Crippen molar-refractivity contribution < 1.29 is 19.4 Å². The quantitative estimate of drug-likeness (QED) is 0.800. The maximum atomic E-state index is 11.5. The van der Waals surface area contributed by atoms with Gasteiger partial charge in [0.05, 0.1) is 6.61 Å². The Hall–Kier alpha value is -2.24. The van der Waals surface area contributed by atoms with Crippen molar-refractivity contribution in [3.63, 3.8) is 0 Å². The van der Waals surface area contributed by atoms with Gasteiger partial charge in [0.15, 0.2) is 0 Å². The van der Waals surface area contributed by atoms with E-state index in [-0.39, 0.29) is 19.8 Å². The van der Waals surface area contributed by atoms with E-state index in [4.69, 9.17) is 26.2 Å². The lowest BCUT2D eigenvalue weighted by atomic mass is 10.2. The summed E-state index contributed by atoms with van der Waals surface area (Å²) in [5, 5.41) is 12.1. The maximum Gasteiger partial charge on any atom is 0.411 e. The number of hydrogen-bond donors (Lipinski definition) is 2. The molecule has 0 aromatic heterocycles. The minimum Gasteiger partial charge on any atom is -0.490 e. The molecule has 0 unspecified atom stereocenters. The van der Waals surface area contributed by atoms with Gasteiger partial charge < -0.3 is 14.6 Å². The standard InChI is InChI=1S/C16H16ClNO4/c17-13-3-5-14(6-4-13)18-16(20)22-10-9-21-15-7-1-12(11-19)2-8-15/h1-8,19H,9-11H2,(H,18,20). The summed E-state index contributed by atoms with van der Waals surface area (Å²) < 4.78 is 10.4. The van der Waals surface area contributed by atoms with Gasteiger partial charge in [-0.2, -0.15) is 0 Å². The van der Waals surface area contributed by atoms with Crippen LogP contribution < -0.4 is 10.1 Å². The number of rotatable bonds is 6. The second-order valence-corrected chi connectivity index (χ2v) is 4.85. The van der Waals surface area contributed by atoms with Crippen LogP contribution >= 0.6 is 11.6 Å². The van der Waals surface area contributed by atoms with Crippen molar-refractivity contribution in [2.75, 3.05) is 18.5 Å². The fraction of sp³-hybridized carbons (Fsp3) is 0.188. The van der Waals surface area contributed by atoms with Crippen molar-refractivity contribution in [3.8, 4) is 5.75 Å². The third kappa shape index (κ3) is 5.27. The molecule has 0 aliphatic rings. The number of carbonyl (C=O) groups excluding carboxylic acids is 1. The van der Waals surface area contributed by atoms with E-state index in [0.29, 0.717) is 16.5 Å². The molecular weight excluding hydrogens is 306 g/mol. The van der Waals surface area contributed by atoms with E-state index in [9.17, 15) is 4.79 Å². The van der Waals surface area contributed by atoms with E-state index in [1.165, 1.54) is 0 Å². The molecule has 0 saturated carbocycles. The highest BCUT2D eigenvalue weighted by Crippen LogP contribution is 2.14. The zero-order valence-corrected chi connectivity index (χ0v) is 12.5. The predicted molar refractivity (Wildman–Crippen MR) is 84.3 cm³/mol. The molecule has 2 rings (SSSR count). The Morgan fingerprint density at radius 1 is 1.05 bits per heavy atom. The van der Waals surface area contributed by atoms with Gasteiger partial charge in [-0.25, -0.2) is 4.79 Å². The first-order valence-corrected chi connectivity index (χ1v) is 7.07. The maximum absolute atomic E-state index is 11.5. The van der Waals surface area contributed by atoms with E-state index in [0.717, 1.165) is 5.56 Å². The van der Waals surface area contributed by atoms with Gasteiger partial charge in [-0.3, -0.25) is 5.32 Å². The Labute approximate surface area is 133 Å². The van der Waals surface area contributed by atoms with Crippen molar-refractivity contribution in [2.45, 2.75) is 6.61 Å². The lowest BCUT2D eigenvalue weighted by Crippen LogP contribution is -2.17. The van der Waals surface area contributed by atoms with Crippen molar-refractivity contribution in [1.29, 1.82) is 0 Å². The first kappa shape index (κ1) is 16.1. The highest BCUT2D eigenvalue weighted by Gasteiger charge is 2.03. The van der Waals surface area contributed by atoms with Crippen molar-refractivity contribution in [2.24, 2.45) is 0 Å². The minimum absolute atomic E-state index is 0.00569. The van der Waals surface area contributed by atoms with E-state index in [1.54, 1.807) is 48.5 Å². The average molecular weight is 322 g/mol. The van der Waals surface area contributed by atoms with Crippen molar-refractivity contribution in [1.82, 2.24) is 0 Å².